The lowest BCUT2D eigenvalue weighted by atomic mass is 9.98. The summed E-state index contributed by atoms with van der Waals surface area (Å²) in [6.07, 6.45) is -0.125. The van der Waals surface area contributed by atoms with E-state index in [-0.39, 0.29) is 36.7 Å². The van der Waals surface area contributed by atoms with Gasteiger partial charge >= 0.3 is 0 Å². The highest BCUT2D eigenvalue weighted by Gasteiger charge is 2.52. The summed E-state index contributed by atoms with van der Waals surface area (Å²) in [6, 6.07) is 10.3. The minimum absolute atomic E-state index is 0.0595. The molecular weight excluding hydrogens is 389 g/mol. The highest BCUT2D eigenvalue weighted by Crippen LogP contribution is 2.36. The van der Waals surface area contributed by atoms with Gasteiger partial charge in [-0.2, -0.15) is 0 Å². The number of methoxy groups -OCH3 is 1. The van der Waals surface area contributed by atoms with E-state index >= 15 is 0 Å². The molecule has 150 valence electrons. The van der Waals surface area contributed by atoms with Gasteiger partial charge in [-0.05, 0) is 48.2 Å². The number of nitrogens with one attached hydrogen (secondary N) is 1. The molecule has 0 saturated carbocycles. The van der Waals surface area contributed by atoms with Gasteiger partial charge in [-0.15, -0.1) is 0 Å². The van der Waals surface area contributed by atoms with Gasteiger partial charge in [0.05, 0.1) is 12.0 Å². The molecule has 0 spiro atoms. The van der Waals surface area contributed by atoms with E-state index in [1.54, 1.807) is 6.07 Å². The zero-order valence-electron chi connectivity index (χ0n) is 15.1. The highest BCUT2D eigenvalue weighted by molar-refractivity contribution is 7.93. The van der Waals surface area contributed by atoms with Crippen molar-refractivity contribution in [2.45, 2.75) is 22.5 Å². The maximum Gasteiger partial charge on any atom is 0.265 e. The molecule has 3 rings (SSSR count). The first-order valence-corrected chi connectivity index (χ1v) is 10.0. The molecule has 0 bridgehead atoms. The van der Waals surface area contributed by atoms with Crippen LogP contribution in [0.15, 0.2) is 47.4 Å². The zero-order valence-corrected chi connectivity index (χ0v) is 16.0. The predicted molar refractivity (Wildman–Crippen MR) is 98.3 cm³/mol. The van der Waals surface area contributed by atoms with E-state index in [1.807, 2.05) is 0 Å². The summed E-state index contributed by atoms with van der Waals surface area (Å²) >= 11 is 0. The van der Waals surface area contributed by atoms with Crippen molar-refractivity contribution in [2.75, 3.05) is 20.3 Å². The Hall–Kier alpha value is -2.49. The van der Waals surface area contributed by atoms with Crippen LogP contribution in [-0.2, 0) is 19.4 Å². The Kier molecular flexibility index (Phi) is 5.69. The Balaban J connectivity index is 1.97. The second-order valence-corrected chi connectivity index (χ2v) is 8.68. The number of carbonyl (C=O) groups excluding carboxylic acids is 1. The molecule has 1 aliphatic heterocycles. The van der Waals surface area contributed by atoms with E-state index in [4.69, 9.17) is 14.7 Å². The van der Waals surface area contributed by atoms with Gasteiger partial charge in [0.1, 0.15) is 0 Å². The molecule has 0 aliphatic carbocycles. The summed E-state index contributed by atoms with van der Waals surface area (Å²) in [4.78, 5) is 12.2. The number of carbonyl (C=O) groups is 1. The van der Waals surface area contributed by atoms with Crippen molar-refractivity contribution in [3.05, 3.63) is 48.3 Å². The number of benzene rings is 2. The second kappa shape index (κ2) is 7.86. The molecule has 28 heavy (non-hydrogen) atoms. The lowest BCUT2D eigenvalue weighted by Gasteiger charge is -2.34. The standard InChI is InChI=1S/C19H20FNO6S/c1-26-17-7-4-14(12-16(17)20)13-2-5-15(6-3-13)28(24,25)19(18(22)21-23)8-10-27-11-9-19/h2-7,12,23H,8-11H2,1H3,(H,21,22). The molecule has 2 aromatic rings. The van der Waals surface area contributed by atoms with Crippen LogP contribution in [0.3, 0.4) is 0 Å². The van der Waals surface area contributed by atoms with Gasteiger partial charge in [0.2, 0.25) is 0 Å². The van der Waals surface area contributed by atoms with Crippen molar-refractivity contribution in [3.8, 4) is 16.9 Å². The number of ether oxygens (including phenoxy) is 2. The number of hydrogen-bond donors (Lipinski definition) is 2. The van der Waals surface area contributed by atoms with Gasteiger partial charge in [0.15, 0.2) is 26.2 Å². The minimum Gasteiger partial charge on any atom is -0.494 e. The van der Waals surface area contributed by atoms with Crippen LogP contribution in [0.4, 0.5) is 4.39 Å². The first-order chi connectivity index (χ1) is 13.4. The van der Waals surface area contributed by atoms with Crippen LogP contribution in [-0.4, -0.2) is 44.6 Å². The van der Waals surface area contributed by atoms with Crippen molar-refractivity contribution in [1.29, 1.82) is 0 Å². The lowest BCUT2D eigenvalue weighted by molar-refractivity contribution is -0.134. The summed E-state index contributed by atoms with van der Waals surface area (Å²) in [5.41, 5.74) is 2.64. The molecule has 0 radical (unpaired) electrons. The Morgan fingerprint density at radius 3 is 2.29 bits per heavy atom. The first-order valence-electron chi connectivity index (χ1n) is 8.56. The number of hydrogen-bond acceptors (Lipinski definition) is 6. The molecule has 7 nitrogen and oxygen atoms in total. The molecule has 2 aromatic carbocycles. The SMILES string of the molecule is COc1ccc(-c2ccc(S(=O)(=O)C3(C(=O)NO)CCOCC3)cc2)cc1F. The van der Waals surface area contributed by atoms with Crippen LogP contribution in [0.5, 0.6) is 5.75 Å². The lowest BCUT2D eigenvalue weighted by Crippen LogP contribution is -2.54. The topological polar surface area (TPSA) is 102 Å². The molecular formula is C19H20FNO6S. The highest BCUT2D eigenvalue weighted by atomic mass is 32.2. The summed E-state index contributed by atoms with van der Waals surface area (Å²) in [6.45, 7) is 0.186. The molecule has 2 N–H and O–H groups in total. The number of sulfone groups is 1. The Labute approximate surface area is 162 Å². The van der Waals surface area contributed by atoms with E-state index < -0.39 is 26.3 Å². The average Bonchev–Trinajstić information content (AvgIpc) is 2.73. The van der Waals surface area contributed by atoms with Gasteiger partial charge in [0.25, 0.3) is 5.91 Å². The van der Waals surface area contributed by atoms with E-state index in [0.29, 0.717) is 11.1 Å². The Morgan fingerprint density at radius 1 is 1.14 bits per heavy atom. The fraction of sp³-hybridized carbons (Fsp3) is 0.316. The molecule has 0 atom stereocenters. The van der Waals surface area contributed by atoms with E-state index in [1.165, 1.54) is 49.0 Å². The minimum atomic E-state index is -4.10. The van der Waals surface area contributed by atoms with Crippen molar-refractivity contribution < 1.29 is 32.3 Å². The Morgan fingerprint density at radius 2 is 1.75 bits per heavy atom. The van der Waals surface area contributed by atoms with E-state index in [0.717, 1.165) is 0 Å². The van der Waals surface area contributed by atoms with Crippen LogP contribution in [0.1, 0.15) is 12.8 Å². The van der Waals surface area contributed by atoms with Gasteiger partial charge in [0, 0.05) is 13.2 Å². The Bertz CT molecular complexity index is 968. The summed E-state index contributed by atoms with van der Waals surface area (Å²) in [7, 11) is -2.73. The van der Waals surface area contributed by atoms with Crippen molar-refractivity contribution >= 4 is 15.7 Å². The van der Waals surface area contributed by atoms with Crippen LogP contribution in [0.2, 0.25) is 0 Å². The van der Waals surface area contributed by atoms with Crippen LogP contribution in [0, 0.1) is 5.82 Å². The predicted octanol–water partition coefficient (Wildman–Crippen LogP) is 2.33. The molecule has 1 aliphatic rings. The molecule has 1 fully saturated rings. The quantitative estimate of drug-likeness (QED) is 0.581. The summed E-state index contributed by atoms with van der Waals surface area (Å²) < 4.78 is 48.6. The number of hydroxylamine groups is 1. The molecule has 1 amide bonds. The molecule has 1 saturated heterocycles. The fourth-order valence-corrected chi connectivity index (χ4v) is 5.26. The zero-order chi connectivity index (χ0) is 20.4. The maximum absolute atomic E-state index is 13.9. The monoisotopic (exact) mass is 409 g/mol. The van der Waals surface area contributed by atoms with Crippen LogP contribution >= 0.6 is 0 Å². The largest absolute Gasteiger partial charge is 0.494 e. The van der Waals surface area contributed by atoms with Gasteiger partial charge < -0.3 is 9.47 Å². The van der Waals surface area contributed by atoms with E-state index in [2.05, 4.69) is 0 Å². The van der Waals surface area contributed by atoms with Gasteiger partial charge in [-0.1, -0.05) is 18.2 Å². The van der Waals surface area contributed by atoms with Crippen molar-refractivity contribution in [3.63, 3.8) is 0 Å². The number of halogens is 1. The van der Waals surface area contributed by atoms with E-state index in [9.17, 15) is 17.6 Å². The third-order valence-electron chi connectivity index (χ3n) is 4.98. The van der Waals surface area contributed by atoms with Gasteiger partial charge in [-0.25, -0.2) is 18.3 Å². The molecule has 9 heteroatoms. The third kappa shape index (κ3) is 3.36. The van der Waals surface area contributed by atoms with Crippen molar-refractivity contribution in [1.82, 2.24) is 5.48 Å². The number of amides is 1. The normalized spacial score (nSPS) is 16.4. The van der Waals surface area contributed by atoms with Crippen LogP contribution < -0.4 is 10.2 Å². The second-order valence-electron chi connectivity index (χ2n) is 6.42. The average molecular weight is 409 g/mol. The molecule has 0 unspecified atom stereocenters. The van der Waals surface area contributed by atoms with Gasteiger partial charge in [-0.3, -0.25) is 10.0 Å². The summed E-state index contributed by atoms with van der Waals surface area (Å²) in [5, 5.41) is 9.07. The van der Waals surface area contributed by atoms with Crippen molar-refractivity contribution in [2.24, 2.45) is 0 Å². The van der Waals surface area contributed by atoms with Crippen LogP contribution in [0.25, 0.3) is 11.1 Å². The first kappa shape index (κ1) is 20.2. The number of rotatable bonds is 5. The summed E-state index contributed by atoms with van der Waals surface area (Å²) in [5.74, 6) is -1.39. The third-order valence-corrected chi connectivity index (χ3v) is 7.50. The molecule has 0 aromatic heterocycles. The smallest absolute Gasteiger partial charge is 0.265 e. The molecule has 1 heterocycles. The maximum atomic E-state index is 13.9. The fourth-order valence-electron chi connectivity index (χ4n) is 3.32.